The van der Waals surface area contributed by atoms with Crippen molar-refractivity contribution in [2.45, 2.75) is 37.8 Å². The molecule has 0 unspecified atom stereocenters. The Kier molecular flexibility index (Phi) is 5.78. The van der Waals surface area contributed by atoms with Gasteiger partial charge in [-0.3, -0.25) is 0 Å². The minimum Gasteiger partial charge on any atom is -0.317 e. The molecule has 0 aromatic heterocycles. The monoisotopic (exact) mass is 312 g/mol. The van der Waals surface area contributed by atoms with Gasteiger partial charge in [-0.15, -0.1) is 0 Å². The molecule has 0 aromatic rings. The summed E-state index contributed by atoms with van der Waals surface area (Å²) in [6, 6.07) is 0.456. The summed E-state index contributed by atoms with van der Waals surface area (Å²) in [5.74, 6) is -0.639. The van der Waals surface area contributed by atoms with E-state index in [-0.39, 0.29) is 17.5 Å². The average molecular weight is 312 g/mol. The van der Waals surface area contributed by atoms with Gasteiger partial charge in [0.25, 0.3) is 0 Å². The van der Waals surface area contributed by atoms with Crippen molar-refractivity contribution in [2.75, 3.05) is 31.9 Å². The Hall–Kier alpha value is -0.180. The highest BCUT2D eigenvalue weighted by atomic mass is 32.2. The third-order valence-corrected chi connectivity index (χ3v) is 6.87. The van der Waals surface area contributed by atoms with Gasteiger partial charge in [0.15, 0.2) is 0 Å². The molecule has 1 aliphatic rings. The van der Waals surface area contributed by atoms with E-state index in [0.717, 1.165) is 31.9 Å². The first-order valence-corrected chi connectivity index (χ1v) is 10.1. The number of sulfonamides is 1. The van der Waals surface area contributed by atoms with Crippen molar-refractivity contribution in [3.8, 4) is 0 Å². The zero-order valence-electron chi connectivity index (χ0n) is 11.8. The summed E-state index contributed by atoms with van der Waals surface area (Å²) in [6.45, 7) is 0. The van der Waals surface area contributed by atoms with E-state index in [0.29, 0.717) is 6.04 Å². The highest BCUT2D eigenvalue weighted by molar-refractivity contribution is 7.93. The topological polar surface area (TPSA) is 83.6 Å². The zero-order chi connectivity index (χ0) is 14.7. The van der Waals surface area contributed by atoms with Crippen molar-refractivity contribution < 1.29 is 16.8 Å². The van der Waals surface area contributed by atoms with Crippen LogP contribution in [0.1, 0.15) is 25.7 Å². The lowest BCUT2D eigenvalue weighted by molar-refractivity contribution is 0.255. The van der Waals surface area contributed by atoms with Crippen LogP contribution in [0.15, 0.2) is 0 Å². The first-order chi connectivity index (χ1) is 8.65. The highest BCUT2D eigenvalue weighted by Gasteiger charge is 2.30. The quantitative estimate of drug-likeness (QED) is 0.736. The molecule has 1 aliphatic carbocycles. The molecule has 6 nitrogen and oxygen atoms in total. The lowest BCUT2D eigenvalue weighted by atomic mass is 9.91. The summed E-state index contributed by atoms with van der Waals surface area (Å²) >= 11 is 0. The van der Waals surface area contributed by atoms with E-state index >= 15 is 0 Å². The Balaban J connectivity index is 2.59. The van der Waals surface area contributed by atoms with Crippen molar-refractivity contribution >= 4 is 19.9 Å². The van der Waals surface area contributed by atoms with Gasteiger partial charge < -0.3 is 5.32 Å². The summed E-state index contributed by atoms with van der Waals surface area (Å²) in [5, 5.41) is 3.20. The minimum atomic E-state index is -3.48. The fourth-order valence-corrected chi connectivity index (χ4v) is 5.36. The van der Waals surface area contributed by atoms with E-state index in [2.05, 4.69) is 5.32 Å². The van der Waals surface area contributed by atoms with Crippen molar-refractivity contribution in [3.63, 3.8) is 0 Å². The molecule has 114 valence electrons. The number of hydrogen-bond donors (Lipinski definition) is 1. The van der Waals surface area contributed by atoms with Crippen molar-refractivity contribution in [2.24, 2.45) is 0 Å². The van der Waals surface area contributed by atoms with Gasteiger partial charge in [0.1, 0.15) is 9.84 Å². The molecule has 0 bridgehead atoms. The predicted molar refractivity (Wildman–Crippen MR) is 76.4 cm³/mol. The maximum Gasteiger partial charge on any atom is 0.215 e. The van der Waals surface area contributed by atoms with Gasteiger partial charge in [-0.05, 0) is 32.7 Å². The molecule has 0 spiro atoms. The first kappa shape index (κ1) is 16.9. The maximum atomic E-state index is 12.1. The lowest BCUT2D eigenvalue weighted by Crippen LogP contribution is -2.44. The van der Waals surface area contributed by atoms with E-state index in [4.69, 9.17) is 0 Å². The van der Waals surface area contributed by atoms with Gasteiger partial charge in [0, 0.05) is 25.4 Å². The first-order valence-electron chi connectivity index (χ1n) is 6.46. The van der Waals surface area contributed by atoms with Gasteiger partial charge in [0.2, 0.25) is 10.0 Å². The number of nitrogens with zero attached hydrogens (tertiary/aromatic N) is 1. The Morgan fingerprint density at radius 3 is 2.00 bits per heavy atom. The van der Waals surface area contributed by atoms with Gasteiger partial charge in [-0.25, -0.2) is 21.1 Å². The second kappa shape index (κ2) is 6.51. The Bertz CT molecular complexity index is 479. The number of rotatable bonds is 6. The SMILES string of the molecule is CNC1CCC(N(C)S(=O)(=O)CCS(C)(=O)=O)CC1. The van der Waals surface area contributed by atoms with Crippen LogP contribution in [0, 0.1) is 0 Å². The van der Waals surface area contributed by atoms with Crippen LogP contribution >= 0.6 is 0 Å². The molecule has 19 heavy (non-hydrogen) atoms. The molecule has 0 atom stereocenters. The molecule has 1 rings (SSSR count). The summed E-state index contributed by atoms with van der Waals surface area (Å²) in [5.41, 5.74) is 0. The van der Waals surface area contributed by atoms with E-state index in [1.807, 2.05) is 7.05 Å². The molecular weight excluding hydrogens is 288 g/mol. The maximum absolute atomic E-state index is 12.1. The Labute approximate surface area is 116 Å². The molecule has 1 fully saturated rings. The molecule has 0 amide bonds. The van der Waals surface area contributed by atoms with Crippen LogP contribution in [0.5, 0.6) is 0 Å². The van der Waals surface area contributed by atoms with Crippen LogP contribution in [0.3, 0.4) is 0 Å². The average Bonchev–Trinajstić information content (AvgIpc) is 2.35. The molecule has 1 N–H and O–H groups in total. The van der Waals surface area contributed by atoms with E-state index < -0.39 is 19.9 Å². The normalized spacial score (nSPS) is 25.7. The third kappa shape index (κ3) is 5.37. The lowest BCUT2D eigenvalue weighted by Gasteiger charge is -2.33. The van der Waals surface area contributed by atoms with E-state index in [9.17, 15) is 16.8 Å². The molecule has 0 aliphatic heterocycles. The van der Waals surface area contributed by atoms with Gasteiger partial charge in [-0.2, -0.15) is 0 Å². The standard InChI is InChI=1S/C11H24N2O4S2/c1-12-10-4-6-11(7-5-10)13(2)19(16,17)9-8-18(3,14)15/h10-12H,4-9H2,1-3H3. The largest absolute Gasteiger partial charge is 0.317 e. The van der Waals surface area contributed by atoms with Crippen molar-refractivity contribution in [3.05, 3.63) is 0 Å². The van der Waals surface area contributed by atoms with Crippen molar-refractivity contribution in [1.29, 1.82) is 0 Å². The summed E-state index contributed by atoms with van der Waals surface area (Å²) in [7, 11) is -3.26. The van der Waals surface area contributed by atoms with Crippen LogP contribution in [-0.4, -0.2) is 65.1 Å². The minimum absolute atomic E-state index is 0.00541. The van der Waals surface area contributed by atoms with Gasteiger partial charge in [-0.1, -0.05) is 0 Å². The molecule has 0 heterocycles. The molecule has 0 aromatic carbocycles. The van der Waals surface area contributed by atoms with E-state index in [1.54, 1.807) is 7.05 Å². The van der Waals surface area contributed by atoms with Crippen molar-refractivity contribution in [1.82, 2.24) is 9.62 Å². The van der Waals surface area contributed by atoms with E-state index in [1.165, 1.54) is 4.31 Å². The van der Waals surface area contributed by atoms with Crippen LogP contribution in [0.25, 0.3) is 0 Å². The van der Waals surface area contributed by atoms with Gasteiger partial charge >= 0.3 is 0 Å². The highest BCUT2D eigenvalue weighted by Crippen LogP contribution is 2.24. The fourth-order valence-electron chi connectivity index (χ4n) is 2.36. The number of hydrogen-bond acceptors (Lipinski definition) is 5. The summed E-state index contributed by atoms with van der Waals surface area (Å²) in [4.78, 5) is 0. The Morgan fingerprint density at radius 1 is 1.05 bits per heavy atom. The van der Waals surface area contributed by atoms with Crippen LogP contribution in [0.2, 0.25) is 0 Å². The zero-order valence-corrected chi connectivity index (χ0v) is 13.4. The third-order valence-electron chi connectivity index (χ3n) is 3.77. The second-order valence-electron chi connectivity index (χ2n) is 5.26. The smallest absolute Gasteiger partial charge is 0.215 e. The second-order valence-corrected chi connectivity index (χ2v) is 9.66. The Morgan fingerprint density at radius 2 is 1.58 bits per heavy atom. The van der Waals surface area contributed by atoms with Gasteiger partial charge in [0.05, 0.1) is 11.5 Å². The van der Waals surface area contributed by atoms with Crippen LogP contribution in [-0.2, 0) is 19.9 Å². The van der Waals surface area contributed by atoms with Crippen LogP contribution in [0.4, 0.5) is 0 Å². The summed E-state index contributed by atoms with van der Waals surface area (Å²) in [6.07, 6.45) is 4.60. The molecule has 1 saturated carbocycles. The predicted octanol–water partition coefficient (Wildman–Crippen LogP) is -0.177. The molecule has 0 saturated heterocycles. The molecule has 0 radical (unpaired) electrons. The van der Waals surface area contributed by atoms with Crippen LogP contribution < -0.4 is 5.32 Å². The molecule has 8 heteroatoms. The summed E-state index contributed by atoms with van der Waals surface area (Å²) < 4.78 is 47.6. The number of nitrogens with one attached hydrogen (secondary N) is 1. The number of sulfone groups is 1. The molecular formula is C11H24N2O4S2. The fraction of sp³-hybridized carbons (Fsp3) is 1.00.